The number of rotatable bonds is 23. The highest BCUT2D eigenvalue weighted by Gasteiger charge is 2.39. The molecule has 0 aromatic carbocycles. The van der Waals surface area contributed by atoms with Crippen LogP contribution >= 0.6 is 0 Å². The van der Waals surface area contributed by atoms with E-state index in [1.807, 2.05) is 0 Å². The first kappa shape index (κ1) is 33.5. The topological polar surface area (TPSA) is 27.7 Å². The van der Waals surface area contributed by atoms with Gasteiger partial charge in [0.1, 0.15) is 0 Å². The number of hydrogen-bond acceptors (Lipinski definition) is 3. The minimum atomic E-state index is -2.43. The summed E-state index contributed by atoms with van der Waals surface area (Å²) in [5.41, 5.74) is 0. The van der Waals surface area contributed by atoms with Crippen LogP contribution in [0.5, 0.6) is 0 Å². The lowest BCUT2D eigenvalue weighted by molar-refractivity contribution is -0.888. The Morgan fingerprint density at radius 2 is 0.839 bits per heavy atom. The zero-order chi connectivity index (χ0) is 22.6. The van der Waals surface area contributed by atoms with Crippen LogP contribution in [0, 0.1) is 0 Å². The molecule has 0 saturated carbocycles. The van der Waals surface area contributed by atoms with Crippen LogP contribution in [0.4, 0.5) is 0 Å². The molecule has 0 bridgehead atoms. The molecule has 0 N–H and O–H groups in total. The van der Waals surface area contributed by atoms with Gasteiger partial charge in [0.05, 0.1) is 33.2 Å². The van der Waals surface area contributed by atoms with Gasteiger partial charge in [-0.3, -0.25) is 0 Å². The Balaban J connectivity index is 0. The van der Waals surface area contributed by atoms with Crippen LogP contribution in [0.25, 0.3) is 0 Å². The van der Waals surface area contributed by atoms with Gasteiger partial charge in [0.2, 0.25) is 0 Å². The van der Waals surface area contributed by atoms with Crippen LogP contribution in [-0.2, 0) is 13.3 Å². The monoisotopic (exact) mass is 481 g/mol. The summed E-state index contributed by atoms with van der Waals surface area (Å²) in [5, 5.41) is 0. The molecule has 190 valence electrons. The second-order valence-electron chi connectivity index (χ2n) is 9.73. The quantitative estimate of drug-likeness (QED) is 0.124. The Morgan fingerprint density at radius 1 is 0.516 bits per heavy atom. The molecule has 0 aromatic rings. The fourth-order valence-corrected chi connectivity index (χ4v) is 6.19. The summed E-state index contributed by atoms with van der Waals surface area (Å²) in [6, 6.07) is 0.877. The molecule has 0 spiro atoms. The average molecular weight is 482 g/mol. The maximum absolute atomic E-state index is 5.55. The summed E-state index contributed by atoms with van der Waals surface area (Å²) in [5.74, 6) is 0. The second-order valence-corrected chi connectivity index (χ2v) is 12.8. The maximum atomic E-state index is 5.55. The molecule has 4 nitrogen and oxygen atoms in total. The molecule has 0 unspecified atom stereocenters. The van der Waals surface area contributed by atoms with Crippen LogP contribution in [0.3, 0.4) is 0 Å². The summed E-state index contributed by atoms with van der Waals surface area (Å²) < 4.78 is 17.7. The first-order valence-electron chi connectivity index (χ1n) is 12.9. The summed E-state index contributed by atoms with van der Waals surface area (Å²) in [6.07, 6.45) is 22.8. The van der Waals surface area contributed by atoms with Crippen molar-refractivity contribution in [1.82, 2.24) is 0 Å². The smallest absolute Gasteiger partial charge is 0.505 e. The second kappa shape index (κ2) is 22.2. The fourth-order valence-electron chi connectivity index (χ4n) is 4.20. The third kappa shape index (κ3) is 19.5. The van der Waals surface area contributed by atoms with Gasteiger partial charge >= 0.3 is 8.80 Å². The van der Waals surface area contributed by atoms with Crippen molar-refractivity contribution in [3.63, 3.8) is 0 Å². The normalized spacial score (nSPS) is 12.2. The number of quaternary nitrogens is 1. The number of hydrogen-bond donors (Lipinski definition) is 0. The number of unbranched alkanes of at least 4 members (excludes halogenated alkanes) is 15. The molecule has 0 fully saturated rings. The van der Waals surface area contributed by atoms with Crippen molar-refractivity contribution in [3.8, 4) is 0 Å². The van der Waals surface area contributed by atoms with E-state index in [2.05, 4.69) is 21.0 Å². The van der Waals surface area contributed by atoms with Crippen molar-refractivity contribution in [3.05, 3.63) is 0 Å². The number of halogens is 1. The molecule has 0 aliphatic heterocycles. The lowest BCUT2D eigenvalue weighted by atomic mass is 10.0. The zero-order valence-corrected chi connectivity index (χ0v) is 23.7. The van der Waals surface area contributed by atoms with E-state index in [4.69, 9.17) is 13.3 Å². The third-order valence-corrected chi connectivity index (χ3v) is 9.28. The SMILES string of the molecule is CCCCCCCCCCCCCCCCCC[N+](C)(C)CC[Si](OC)(OC)OC.[Cl-]. The molecule has 0 atom stereocenters. The van der Waals surface area contributed by atoms with Crippen LogP contribution < -0.4 is 12.4 Å². The van der Waals surface area contributed by atoms with Gasteiger partial charge in [0, 0.05) is 21.3 Å². The highest BCUT2D eigenvalue weighted by molar-refractivity contribution is 6.60. The van der Waals surface area contributed by atoms with E-state index in [1.54, 1.807) is 21.3 Å². The lowest BCUT2D eigenvalue weighted by Crippen LogP contribution is -3.00. The van der Waals surface area contributed by atoms with Gasteiger partial charge in [-0.25, -0.2) is 0 Å². The van der Waals surface area contributed by atoms with Gasteiger partial charge in [-0.2, -0.15) is 0 Å². The first-order valence-corrected chi connectivity index (χ1v) is 14.9. The molecular weight excluding hydrogens is 426 g/mol. The first-order chi connectivity index (χ1) is 14.4. The maximum Gasteiger partial charge on any atom is 0.505 e. The minimum absolute atomic E-state index is 0. The summed E-state index contributed by atoms with van der Waals surface area (Å²) in [6.45, 7) is 4.56. The molecule has 31 heavy (non-hydrogen) atoms. The van der Waals surface area contributed by atoms with E-state index in [1.165, 1.54) is 109 Å². The highest BCUT2D eigenvalue weighted by Crippen LogP contribution is 2.17. The molecule has 6 heteroatoms. The average Bonchev–Trinajstić information content (AvgIpc) is 2.75. The van der Waals surface area contributed by atoms with E-state index in [0.717, 1.165) is 17.1 Å². The molecule has 0 radical (unpaired) electrons. The van der Waals surface area contributed by atoms with Gasteiger partial charge in [0.25, 0.3) is 0 Å². The van der Waals surface area contributed by atoms with E-state index in [-0.39, 0.29) is 12.4 Å². The van der Waals surface area contributed by atoms with Gasteiger partial charge in [0.15, 0.2) is 0 Å². The fraction of sp³-hybridized carbons (Fsp3) is 1.00. The summed E-state index contributed by atoms with van der Waals surface area (Å²) in [7, 11) is 7.30. The van der Waals surface area contributed by atoms with Crippen molar-refractivity contribution in [2.45, 2.75) is 116 Å². The molecule has 0 heterocycles. The predicted molar refractivity (Wildman–Crippen MR) is 133 cm³/mol. The Morgan fingerprint density at radius 3 is 1.16 bits per heavy atom. The van der Waals surface area contributed by atoms with Crippen LogP contribution in [0.1, 0.15) is 110 Å². The predicted octanol–water partition coefficient (Wildman–Crippen LogP) is 4.21. The molecule has 0 rings (SSSR count). The van der Waals surface area contributed by atoms with Gasteiger partial charge in [-0.1, -0.05) is 96.8 Å². The van der Waals surface area contributed by atoms with Crippen molar-refractivity contribution < 1.29 is 30.2 Å². The lowest BCUT2D eigenvalue weighted by Gasteiger charge is -2.33. The molecule has 0 aliphatic carbocycles. The van der Waals surface area contributed by atoms with E-state index >= 15 is 0 Å². The largest absolute Gasteiger partial charge is 1.00 e. The third-order valence-electron chi connectivity index (χ3n) is 6.57. The van der Waals surface area contributed by atoms with Crippen molar-refractivity contribution in [1.29, 1.82) is 0 Å². The van der Waals surface area contributed by atoms with Crippen molar-refractivity contribution in [2.75, 3.05) is 48.5 Å². The van der Waals surface area contributed by atoms with Crippen molar-refractivity contribution in [2.24, 2.45) is 0 Å². The number of nitrogens with zero attached hydrogens (tertiary/aromatic N) is 1. The Kier molecular flexibility index (Phi) is 24.0. The molecular formula is C25H56ClNO3Si. The molecule has 0 amide bonds. The van der Waals surface area contributed by atoms with Gasteiger partial charge < -0.3 is 30.2 Å². The standard InChI is InChI=1S/C25H56NO3Si.ClH/c1-7-8-9-10-11-12-13-14-15-16-17-18-19-20-21-22-23-26(2,3)24-25-30(27-4,28-5)29-6;/h7-25H2,1-6H3;1H/q+1;/p-1. The van der Waals surface area contributed by atoms with Gasteiger partial charge in [-0.15, -0.1) is 0 Å². The van der Waals surface area contributed by atoms with E-state index in [9.17, 15) is 0 Å². The Bertz CT molecular complexity index is 360. The Hall–Kier alpha value is 0.347. The Labute approximate surface area is 203 Å². The van der Waals surface area contributed by atoms with E-state index in [0.29, 0.717) is 0 Å². The van der Waals surface area contributed by atoms with E-state index < -0.39 is 8.80 Å². The molecule has 0 aromatic heterocycles. The van der Waals surface area contributed by atoms with Crippen LogP contribution in [0.2, 0.25) is 6.04 Å². The summed E-state index contributed by atoms with van der Waals surface area (Å²) >= 11 is 0. The van der Waals surface area contributed by atoms with Crippen molar-refractivity contribution >= 4 is 8.80 Å². The minimum Gasteiger partial charge on any atom is -1.00 e. The highest BCUT2D eigenvalue weighted by atomic mass is 35.5. The molecule has 0 saturated heterocycles. The molecule has 0 aliphatic rings. The van der Waals surface area contributed by atoms with Gasteiger partial charge in [-0.05, 0) is 12.8 Å². The summed E-state index contributed by atoms with van der Waals surface area (Å²) in [4.78, 5) is 0. The van der Waals surface area contributed by atoms with Crippen LogP contribution in [0.15, 0.2) is 0 Å². The van der Waals surface area contributed by atoms with Crippen LogP contribution in [-0.4, -0.2) is 61.8 Å². The zero-order valence-electron chi connectivity index (χ0n) is 22.0.